The van der Waals surface area contributed by atoms with Crippen LogP contribution in [0.1, 0.15) is 40.0 Å². The van der Waals surface area contributed by atoms with Crippen LogP contribution in [0.15, 0.2) is 11.1 Å². The van der Waals surface area contributed by atoms with Crippen molar-refractivity contribution in [2.45, 2.75) is 85.9 Å². The molecule has 5 aliphatic heterocycles. The third-order valence-corrected chi connectivity index (χ3v) is 11.3. The monoisotopic (exact) mass is 404 g/mol. The van der Waals surface area contributed by atoms with Gasteiger partial charge in [-0.25, -0.2) is 4.79 Å². The van der Waals surface area contributed by atoms with Crippen molar-refractivity contribution in [3.63, 3.8) is 0 Å². The molecular weight excluding hydrogens is 379 g/mol. The van der Waals surface area contributed by atoms with Gasteiger partial charge in [0.25, 0.3) is 0 Å². The first-order valence-corrected chi connectivity index (χ1v) is 11.2. The molecule has 8 rings (SSSR count). The van der Waals surface area contributed by atoms with Crippen LogP contribution in [0.5, 0.6) is 0 Å². The van der Waals surface area contributed by atoms with Gasteiger partial charge in [-0.3, -0.25) is 0 Å². The van der Waals surface area contributed by atoms with E-state index in [2.05, 4.69) is 30.0 Å². The van der Waals surface area contributed by atoms with Gasteiger partial charge in [0.1, 0.15) is 30.0 Å². The van der Waals surface area contributed by atoms with Crippen molar-refractivity contribution < 1.29 is 28.5 Å². The van der Waals surface area contributed by atoms with Crippen LogP contribution in [0.25, 0.3) is 0 Å². The van der Waals surface area contributed by atoms with Gasteiger partial charge in [-0.1, -0.05) is 20.8 Å². The molecule has 1 unspecified atom stereocenters. The Bertz CT molecular complexity index is 941. The molecule has 0 aromatic heterocycles. The summed E-state index contributed by atoms with van der Waals surface area (Å²) < 4.78 is 31.6. The predicted molar refractivity (Wildman–Crippen MR) is 98.7 cm³/mol. The van der Waals surface area contributed by atoms with Gasteiger partial charge in [0, 0.05) is 16.1 Å². The van der Waals surface area contributed by atoms with Crippen molar-refractivity contribution >= 4 is 15.2 Å². The summed E-state index contributed by atoms with van der Waals surface area (Å²) >= 11 is 0. The Morgan fingerprint density at radius 1 is 1.14 bits per heavy atom. The Kier molecular flexibility index (Phi) is 2.25. The third kappa shape index (κ3) is 1.13. The molecule has 2 saturated carbocycles. The van der Waals surface area contributed by atoms with E-state index in [9.17, 15) is 4.79 Å². The summed E-state index contributed by atoms with van der Waals surface area (Å²) in [5.41, 5.74) is 0.442. The maximum Gasteiger partial charge on any atom is 0.334 e. The van der Waals surface area contributed by atoms with Gasteiger partial charge >= 0.3 is 5.97 Å². The van der Waals surface area contributed by atoms with E-state index in [1.807, 2.05) is 0 Å². The zero-order chi connectivity index (χ0) is 19.1. The zero-order valence-corrected chi connectivity index (χ0v) is 17.5. The molecule has 150 valence electrons. The maximum atomic E-state index is 12.3. The van der Waals surface area contributed by atoms with Crippen molar-refractivity contribution in [1.29, 1.82) is 0 Å². The van der Waals surface area contributed by atoms with E-state index in [0.29, 0.717) is 19.1 Å². The van der Waals surface area contributed by atoms with Crippen molar-refractivity contribution in [2.75, 3.05) is 13.2 Å². The SMILES string of the molecule is CC(C)[C@]12O[C@H]1[C@@H]1O[C@@]13[C@@]1(C)CCC4=C(COC4=O)[C@]1(P)C[C@@H]1O[C@@]13[C@@]21CO1. The Hall–Kier alpha value is -0.520. The van der Waals surface area contributed by atoms with Crippen molar-refractivity contribution in [2.24, 2.45) is 11.3 Å². The minimum atomic E-state index is -0.404. The van der Waals surface area contributed by atoms with E-state index in [0.717, 1.165) is 30.4 Å². The normalized spacial score (nSPS) is 66.3. The summed E-state index contributed by atoms with van der Waals surface area (Å²) in [6.45, 7) is 7.93. The molecule has 0 aromatic rings. The quantitative estimate of drug-likeness (QED) is 0.375. The van der Waals surface area contributed by atoms with Crippen LogP contribution in [0.2, 0.25) is 0 Å². The van der Waals surface area contributed by atoms with Crippen LogP contribution >= 0.6 is 9.24 Å². The number of hydrogen-bond donors (Lipinski definition) is 0. The summed E-state index contributed by atoms with van der Waals surface area (Å²) in [4.78, 5) is 12.3. The molecule has 0 amide bonds. The van der Waals surface area contributed by atoms with Crippen LogP contribution in [-0.2, 0) is 28.5 Å². The average molecular weight is 404 g/mol. The molecule has 7 heteroatoms. The van der Waals surface area contributed by atoms with Crippen LogP contribution in [0.4, 0.5) is 0 Å². The molecule has 0 bridgehead atoms. The second kappa shape index (κ2) is 3.89. The smallest absolute Gasteiger partial charge is 0.334 e. The van der Waals surface area contributed by atoms with E-state index < -0.39 is 11.2 Å². The molecule has 28 heavy (non-hydrogen) atoms. The van der Waals surface area contributed by atoms with E-state index in [1.54, 1.807) is 0 Å². The molecule has 10 atom stereocenters. The molecule has 3 aliphatic carbocycles. The third-order valence-electron chi connectivity index (χ3n) is 10.1. The van der Waals surface area contributed by atoms with Gasteiger partial charge in [-0.05, 0) is 30.8 Å². The number of fused-ring (bicyclic) bond motifs is 5. The number of ether oxygens (including phenoxy) is 5. The van der Waals surface area contributed by atoms with E-state index >= 15 is 0 Å². The van der Waals surface area contributed by atoms with E-state index in [4.69, 9.17) is 23.7 Å². The maximum absolute atomic E-state index is 12.3. The van der Waals surface area contributed by atoms with Crippen LogP contribution in [-0.4, -0.2) is 65.1 Å². The molecule has 5 heterocycles. The molecule has 8 aliphatic rings. The van der Waals surface area contributed by atoms with Crippen LogP contribution in [0, 0.1) is 11.3 Å². The molecular formula is C21H25O6P. The Balaban J connectivity index is 1.35. The zero-order valence-electron chi connectivity index (χ0n) is 16.4. The van der Waals surface area contributed by atoms with Crippen LogP contribution < -0.4 is 0 Å². The minimum Gasteiger partial charge on any atom is -0.458 e. The van der Waals surface area contributed by atoms with Gasteiger partial charge in [0.05, 0.1) is 12.7 Å². The Labute approximate surface area is 165 Å². The molecule has 4 saturated heterocycles. The van der Waals surface area contributed by atoms with Crippen molar-refractivity contribution in [3.8, 4) is 0 Å². The lowest BCUT2D eigenvalue weighted by atomic mass is 9.44. The van der Waals surface area contributed by atoms with E-state index in [-0.39, 0.29) is 46.1 Å². The molecule has 6 nitrogen and oxygen atoms in total. The van der Waals surface area contributed by atoms with Gasteiger partial charge in [-0.15, -0.1) is 9.24 Å². The van der Waals surface area contributed by atoms with Crippen molar-refractivity contribution in [3.05, 3.63) is 11.1 Å². The standard InChI is InChI=1S/C21H25O6P/c1-9(2)19-13(26-19)14-21(27-14)16(3)5-4-10-11(7-23-15(10)22)17(16,28)6-12-20(21,25-12)18(19)8-24-18/h9,12-14H,4-8,28H2,1-3H3/t12-,13-,14-,16-,17+,18+,19-,20+,21+/m0/s1. The number of cyclic esters (lactones) is 1. The molecule has 0 radical (unpaired) electrons. The lowest BCUT2D eigenvalue weighted by Crippen LogP contribution is -2.74. The first kappa shape index (κ1) is 16.2. The van der Waals surface area contributed by atoms with Crippen molar-refractivity contribution in [1.82, 2.24) is 0 Å². The number of rotatable bonds is 1. The summed E-state index contributed by atoms with van der Waals surface area (Å²) in [7, 11) is 3.14. The molecule has 0 aromatic carbocycles. The molecule has 3 spiro atoms. The fourth-order valence-electron chi connectivity index (χ4n) is 8.65. The predicted octanol–water partition coefficient (Wildman–Crippen LogP) is 1.51. The summed E-state index contributed by atoms with van der Waals surface area (Å²) in [6.07, 6.45) is 2.75. The average Bonchev–Trinajstić information content (AvgIpc) is 3.47. The first-order valence-electron chi connectivity index (χ1n) is 10.6. The van der Waals surface area contributed by atoms with E-state index in [1.165, 1.54) is 0 Å². The number of hydrogen-bond acceptors (Lipinski definition) is 6. The first-order chi connectivity index (χ1) is 13.3. The highest BCUT2D eigenvalue weighted by Gasteiger charge is 3.08. The Morgan fingerprint density at radius 2 is 1.93 bits per heavy atom. The summed E-state index contributed by atoms with van der Waals surface area (Å²) in [6, 6.07) is 0. The second-order valence-electron chi connectivity index (χ2n) is 10.8. The highest BCUT2D eigenvalue weighted by Crippen LogP contribution is 2.89. The largest absolute Gasteiger partial charge is 0.458 e. The lowest BCUT2D eigenvalue weighted by Gasteiger charge is -2.59. The molecule has 0 N–H and O–H groups in total. The van der Waals surface area contributed by atoms with Gasteiger partial charge in [-0.2, -0.15) is 0 Å². The highest BCUT2D eigenvalue weighted by atomic mass is 31.0. The summed E-state index contributed by atoms with van der Waals surface area (Å²) in [5.74, 6) is 0.228. The fraction of sp³-hybridized carbons (Fsp3) is 0.857. The summed E-state index contributed by atoms with van der Waals surface area (Å²) in [5, 5.41) is -0.241. The lowest BCUT2D eigenvalue weighted by molar-refractivity contribution is -0.136. The minimum absolute atomic E-state index is 0.0557. The molecule has 6 fully saturated rings. The number of epoxide rings is 4. The highest BCUT2D eigenvalue weighted by molar-refractivity contribution is 7.19. The topological polar surface area (TPSA) is 76.4 Å². The van der Waals surface area contributed by atoms with Crippen LogP contribution in [0.3, 0.4) is 0 Å². The fourth-order valence-corrected chi connectivity index (χ4v) is 9.48. The number of carbonyl (C=O) groups excluding carboxylic acids is 1. The van der Waals surface area contributed by atoms with Gasteiger partial charge < -0.3 is 23.7 Å². The van der Waals surface area contributed by atoms with Gasteiger partial charge in [0.2, 0.25) is 0 Å². The Morgan fingerprint density at radius 3 is 2.64 bits per heavy atom. The second-order valence-corrected chi connectivity index (χ2v) is 11.7. The number of carbonyl (C=O) groups is 1. The number of esters is 1. The van der Waals surface area contributed by atoms with Gasteiger partial charge in [0.15, 0.2) is 11.2 Å².